The molecule has 0 aliphatic rings. The van der Waals surface area contributed by atoms with Crippen molar-refractivity contribution in [3.63, 3.8) is 0 Å². The maximum absolute atomic E-state index is 5.68. The highest BCUT2D eigenvalue weighted by molar-refractivity contribution is 5.56. The summed E-state index contributed by atoms with van der Waals surface area (Å²) < 4.78 is 5.50. The molecule has 1 aromatic carbocycles. The van der Waals surface area contributed by atoms with Crippen molar-refractivity contribution in [1.29, 1.82) is 0 Å². The van der Waals surface area contributed by atoms with Crippen molar-refractivity contribution in [3.8, 4) is 5.75 Å². The van der Waals surface area contributed by atoms with Gasteiger partial charge in [0.2, 0.25) is 0 Å². The summed E-state index contributed by atoms with van der Waals surface area (Å²) in [6.45, 7) is 5.56. The zero-order chi connectivity index (χ0) is 11.1. The summed E-state index contributed by atoms with van der Waals surface area (Å²) in [4.78, 5) is 0. The number of benzene rings is 1. The predicted octanol–water partition coefficient (Wildman–Crippen LogP) is 2.23. The first-order chi connectivity index (χ1) is 7.24. The molecule has 0 saturated carbocycles. The third-order valence-electron chi connectivity index (χ3n) is 2.10. The van der Waals surface area contributed by atoms with Crippen LogP contribution in [0.15, 0.2) is 24.3 Å². The Labute approximate surface area is 91.6 Å². The van der Waals surface area contributed by atoms with E-state index < -0.39 is 0 Å². The summed E-state index contributed by atoms with van der Waals surface area (Å²) in [6, 6.07) is 8.19. The van der Waals surface area contributed by atoms with Gasteiger partial charge < -0.3 is 15.8 Å². The van der Waals surface area contributed by atoms with E-state index in [1.54, 1.807) is 0 Å². The lowest BCUT2D eigenvalue weighted by Crippen LogP contribution is -2.19. The fourth-order valence-electron chi connectivity index (χ4n) is 1.33. The van der Waals surface area contributed by atoms with Gasteiger partial charge in [-0.2, -0.15) is 0 Å². The van der Waals surface area contributed by atoms with E-state index in [2.05, 4.69) is 5.32 Å². The van der Waals surface area contributed by atoms with Crippen LogP contribution in [0, 0.1) is 0 Å². The standard InChI is InChI=1S/C12H20N2O/c1-3-15-12-7-5-4-6-11(12)14-9-8-10(2)13/h4-7,10,14H,3,8-9,13H2,1-2H3. The Hall–Kier alpha value is -1.22. The van der Waals surface area contributed by atoms with Crippen LogP contribution in [0.2, 0.25) is 0 Å². The summed E-state index contributed by atoms with van der Waals surface area (Å²) in [5.41, 5.74) is 6.72. The van der Waals surface area contributed by atoms with Crippen molar-refractivity contribution in [3.05, 3.63) is 24.3 Å². The molecule has 0 fully saturated rings. The van der Waals surface area contributed by atoms with E-state index in [9.17, 15) is 0 Å². The highest BCUT2D eigenvalue weighted by Crippen LogP contribution is 2.23. The van der Waals surface area contributed by atoms with Gasteiger partial charge in [0.15, 0.2) is 0 Å². The van der Waals surface area contributed by atoms with E-state index in [-0.39, 0.29) is 6.04 Å². The molecule has 3 N–H and O–H groups in total. The van der Waals surface area contributed by atoms with E-state index in [1.807, 2.05) is 38.1 Å². The molecule has 0 aliphatic carbocycles. The van der Waals surface area contributed by atoms with Crippen LogP contribution in [0.5, 0.6) is 5.75 Å². The molecule has 0 saturated heterocycles. The SMILES string of the molecule is CCOc1ccccc1NCCC(C)N. The van der Waals surface area contributed by atoms with Crippen molar-refractivity contribution >= 4 is 5.69 Å². The molecule has 1 aromatic rings. The van der Waals surface area contributed by atoms with E-state index in [0.717, 1.165) is 24.4 Å². The highest BCUT2D eigenvalue weighted by Gasteiger charge is 2.01. The van der Waals surface area contributed by atoms with Gasteiger partial charge in [-0.05, 0) is 32.4 Å². The average Bonchev–Trinajstić information content (AvgIpc) is 2.20. The number of hydrogen-bond acceptors (Lipinski definition) is 3. The van der Waals surface area contributed by atoms with Crippen molar-refractivity contribution in [2.45, 2.75) is 26.3 Å². The largest absolute Gasteiger partial charge is 0.492 e. The molecule has 15 heavy (non-hydrogen) atoms. The maximum Gasteiger partial charge on any atom is 0.142 e. The van der Waals surface area contributed by atoms with Gasteiger partial charge in [-0.25, -0.2) is 0 Å². The Morgan fingerprint density at radius 1 is 1.40 bits per heavy atom. The third kappa shape index (κ3) is 4.21. The van der Waals surface area contributed by atoms with Gasteiger partial charge in [0.25, 0.3) is 0 Å². The molecular formula is C12H20N2O. The van der Waals surface area contributed by atoms with Gasteiger partial charge in [0, 0.05) is 12.6 Å². The third-order valence-corrected chi connectivity index (χ3v) is 2.10. The molecule has 1 rings (SSSR count). The lowest BCUT2D eigenvalue weighted by molar-refractivity contribution is 0.341. The molecule has 0 spiro atoms. The van der Waals surface area contributed by atoms with Gasteiger partial charge in [0.05, 0.1) is 12.3 Å². The first kappa shape index (κ1) is 11.9. The Balaban J connectivity index is 2.51. The minimum Gasteiger partial charge on any atom is -0.492 e. The summed E-state index contributed by atoms with van der Waals surface area (Å²) in [5.74, 6) is 0.907. The molecule has 0 heterocycles. The fourth-order valence-corrected chi connectivity index (χ4v) is 1.33. The second-order valence-corrected chi connectivity index (χ2v) is 3.62. The van der Waals surface area contributed by atoms with Crippen LogP contribution in [0.4, 0.5) is 5.69 Å². The zero-order valence-electron chi connectivity index (χ0n) is 9.49. The Morgan fingerprint density at radius 2 is 2.13 bits per heavy atom. The second-order valence-electron chi connectivity index (χ2n) is 3.62. The number of para-hydroxylation sites is 2. The fraction of sp³-hybridized carbons (Fsp3) is 0.500. The molecular weight excluding hydrogens is 188 g/mol. The molecule has 1 unspecified atom stereocenters. The highest BCUT2D eigenvalue weighted by atomic mass is 16.5. The van der Waals surface area contributed by atoms with E-state index in [1.165, 1.54) is 0 Å². The van der Waals surface area contributed by atoms with Crippen LogP contribution in [0.25, 0.3) is 0 Å². The van der Waals surface area contributed by atoms with E-state index in [0.29, 0.717) is 6.61 Å². The molecule has 0 radical (unpaired) electrons. The number of nitrogens with one attached hydrogen (secondary N) is 1. The van der Waals surface area contributed by atoms with Crippen LogP contribution in [0.1, 0.15) is 20.3 Å². The maximum atomic E-state index is 5.68. The Morgan fingerprint density at radius 3 is 2.80 bits per heavy atom. The minimum atomic E-state index is 0.233. The summed E-state index contributed by atoms with van der Waals surface area (Å²) in [5, 5.41) is 3.32. The van der Waals surface area contributed by atoms with Gasteiger partial charge >= 0.3 is 0 Å². The normalized spacial score (nSPS) is 12.2. The number of anilines is 1. The van der Waals surface area contributed by atoms with Crippen LogP contribution in [0.3, 0.4) is 0 Å². The molecule has 3 nitrogen and oxygen atoms in total. The van der Waals surface area contributed by atoms with Gasteiger partial charge in [-0.3, -0.25) is 0 Å². The zero-order valence-corrected chi connectivity index (χ0v) is 9.49. The van der Waals surface area contributed by atoms with Crippen molar-refractivity contribution in [2.75, 3.05) is 18.5 Å². The lowest BCUT2D eigenvalue weighted by Gasteiger charge is -2.12. The van der Waals surface area contributed by atoms with E-state index in [4.69, 9.17) is 10.5 Å². The minimum absolute atomic E-state index is 0.233. The molecule has 84 valence electrons. The average molecular weight is 208 g/mol. The Bertz CT molecular complexity index is 287. The molecule has 3 heteroatoms. The summed E-state index contributed by atoms with van der Waals surface area (Å²) in [7, 11) is 0. The first-order valence-electron chi connectivity index (χ1n) is 5.45. The quantitative estimate of drug-likeness (QED) is 0.753. The monoisotopic (exact) mass is 208 g/mol. The molecule has 0 bridgehead atoms. The smallest absolute Gasteiger partial charge is 0.142 e. The number of rotatable bonds is 6. The van der Waals surface area contributed by atoms with Crippen molar-refractivity contribution < 1.29 is 4.74 Å². The van der Waals surface area contributed by atoms with Gasteiger partial charge in [0.1, 0.15) is 5.75 Å². The first-order valence-corrected chi connectivity index (χ1v) is 5.45. The van der Waals surface area contributed by atoms with Crippen LogP contribution < -0.4 is 15.8 Å². The van der Waals surface area contributed by atoms with Crippen LogP contribution >= 0.6 is 0 Å². The molecule has 0 amide bonds. The van der Waals surface area contributed by atoms with Crippen LogP contribution in [-0.4, -0.2) is 19.2 Å². The Kier molecular flexibility index (Phi) is 4.98. The van der Waals surface area contributed by atoms with E-state index >= 15 is 0 Å². The topological polar surface area (TPSA) is 47.3 Å². The van der Waals surface area contributed by atoms with Crippen LogP contribution in [-0.2, 0) is 0 Å². The summed E-state index contributed by atoms with van der Waals surface area (Å²) >= 11 is 0. The lowest BCUT2D eigenvalue weighted by atomic mass is 10.2. The molecule has 0 aromatic heterocycles. The summed E-state index contributed by atoms with van der Waals surface area (Å²) in [6.07, 6.45) is 0.959. The van der Waals surface area contributed by atoms with Gasteiger partial charge in [-0.15, -0.1) is 0 Å². The second kappa shape index (κ2) is 6.30. The predicted molar refractivity (Wildman–Crippen MR) is 64.4 cm³/mol. The number of hydrogen-bond donors (Lipinski definition) is 2. The van der Waals surface area contributed by atoms with Gasteiger partial charge in [-0.1, -0.05) is 12.1 Å². The number of nitrogens with two attached hydrogens (primary N) is 1. The van der Waals surface area contributed by atoms with Crippen molar-refractivity contribution in [2.24, 2.45) is 5.73 Å². The molecule has 1 atom stereocenters. The van der Waals surface area contributed by atoms with Crippen molar-refractivity contribution in [1.82, 2.24) is 0 Å². The molecule has 0 aliphatic heterocycles. The number of ether oxygens (including phenoxy) is 1.